The van der Waals surface area contributed by atoms with Crippen molar-refractivity contribution in [1.82, 2.24) is 9.91 Å². The van der Waals surface area contributed by atoms with Gasteiger partial charge in [-0.1, -0.05) is 36.4 Å². The molecule has 0 bridgehead atoms. The van der Waals surface area contributed by atoms with Gasteiger partial charge in [-0.05, 0) is 49.0 Å². The van der Waals surface area contributed by atoms with Crippen LogP contribution in [0.2, 0.25) is 0 Å². The summed E-state index contributed by atoms with van der Waals surface area (Å²) < 4.78 is 5.19. The summed E-state index contributed by atoms with van der Waals surface area (Å²) in [7, 11) is 5.85. The Bertz CT molecular complexity index is 763. The first kappa shape index (κ1) is 17.2. The maximum absolute atomic E-state index is 5.19. The maximum atomic E-state index is 5.19. The Labute approximate surface area is 150 Å². The van der Waals surface area contributed by atoms with Crippen molar-refractivity contribution >= 4 is 18.4 Å². The molecule has 4 nitrogen and oxygen atoms in total. The molecule has 0 aromatic heterocycles. The van der Waals surface area contributed by atoms with Crippen molar-refractivity contribution in [1.29, 1.82) is 0 Å². The van der Waals surface area contributed by atoms with Gasteiger partial charge in [0.05, 0.1) is 19.9 Å². The van der Waals surface area contributed by atoms with Crippen molar-refractivity contribution in [2.45, 2.75) is 6.54 Å². The van der Waals surface area contributed by atoms with E-state index in [1.165, 1.54) is 16.7 Å². The van der Waals surface area contributed by atoms with Crippen LogP contribution in [0, 0.1) is 0 Å². The van der Waals surface area contributed by atoms with Gasteiger partial charge >= 0.3 is 0 Å². The molecule has 0 amide bonds. The lowest BCUT2D eigenvalue weighted by molar-refractivity contribution is 0.241. The lowest BCUT2D eigenvalue weighted by atomic mass is 10.0. The summed E-state index contributed by atoms with van der Waals surface area (Å²) in [5.41, 5.74) is 4.87. The van der Waals surface area contributed by atoms with Gasteiger partial charge in [0, 0.05) is 18.7 Å². The van der Waals surface area contributed by atoms with Crippen molar-refractivity contribution in [2.75, 3.05) is 34.3 Å². The van der Waals surface area contributed by atoms with E-state index in [9.17, 15) is 0 Å². The van der Waals surface area contributed by atoms with E-state index >= 15 is 0 Å². The lowest BCUT2D eigenvalue weighted by Gasteiger charge is -2.25. The smallest absolute Gasteiger partial charge is 0.118 e. The minimum absolute atomic E-state index is 0.876. The van der Waals surface area contributed by atoms with Crippen molar-refractivity contribution in [3.63, 3.8) is 0 Å². The predicted octanol–water partition coefficient (Wildman–Crippen LogP) is 3.58. The maximum Gasteiger partial charge on any atom is 0.118 e. The molecule has 1 aliphatic rings. The first-order valence-electron chi connectivity index (χ1n) is 8.53. The van der Waals surface area contributed by atoms with Gasteiger partial charge in [-0.25, -0.2) is 0 Å². The summed E-state index contributed by atoms with van der Waals surface area (Å²) in [4.78, 5) is 2.18. The molecule has 0 spiro atoms. The van der Waals surface area contributed by atoms with Gasteiger partial charge in [0.1, 0.15) is 5.75 Å². The summed E-state index contributed by atoms with van der Waals surface area (Å²) in [6.07, 6.45) is 6.22. The van der Waals surface area contributed by atoms with Crippen molar-refractivity contribution in [3.8, 4) is 5.75 Å². The van der Waals surface area contributed by atoms with E-state index in [1.54, 1.807) is 7.11 Å². The highest BCUT2D eigenvalue weighted by atomic mass is 16.5. The number of hydrogen-bond acceptors (Lipinski definition) is 4. The summed E-state index contributed by atoms with van der Waals surface area (Å²) in [6.45, 7) is 2.83. The van der Waals surface area contributed by atoms with Gasteiger partial charge in [0.15, 0.2) is 0 Å². The summed E-state index contributed by atoms with van der Waals surface area (Å²) in [5.74, 6) is 0.876. The second kappa shape index (κ2) is 7.99. The molecule has 130 valence electrons. The van der Waals surface area contributed by atoms with Crippen LogP contribution in [0.15, 0.2) is 47.6 Å². The molecule has 3 rings (SSSR count). The quantitative estimate of drug-likeness (QED) is 0.756. The number of nitrogens with zero attached hydrogens (tertiary/aromatic N) is 3. The van der Waals surface area contributed by atoms with Crippen LogP contribution in [0.3, 0.4) is 0 Å². The number of ether oxygens (including phenoxy) is 1. The van der Waals surface area contributed by atoms with Crippen LogP contribution in [0.4, 0.5) is 0 Å². The standard InChI is InChI=1S/C21H25N3O/c1-23(2)12-13-24-16-19-9-6-18(14-20(19)15-22-24)5-4-17-7-10-21(25-3)11-8-17/h4-11,14-15H,12-13,16H2,1-3H3/b5-4+. The molecular weight excluding hydrogens is 310 g/mol. The molecule has 2 aromatic carbocycles. The van der Waals surface area contributed by atoms with Crippen LogP contribution >= 0.6 is 0 Å². The monoisotopic (exact) mass is 335 g/mol. The normalized spacial score (nSPS) is 13.5. The Morgan fingerprint density at radius 1 is 1.08 bits per heavy atom. The minimum Gasteiger partial charge on any atom is -0.497 e. The topological polar surface area (TPSA) is 28.1 Å². The first-order valence-corrected chi connectivity index (χ1v) is 8.53. The second-order valence-electron chi connectivity index (χ2n) is 6.50. The van der Waals surface area contributed by atoms with Gasteiger partial charge in [-0.15, -0.1) is 0 Å². The van der Waals surface area contributed by atoms with Gasteiger partial charge in [0.2, 0.25) is 0 Å². The number of methoxy groups -OCH3 is 1. The van der Waals surface area contributed by atoms with Crippen LogP contribution in [0.5, 0.6) is 5.75 Å². The van der Waals surface area contributed by atoms with E-state index in [4.69, 9.17) is 4.74 Å². The zero-order valence-corrected chi connectivity index (χ0v) is 15.1. The Kier molecular flexibility index (Phi) is 5.51. The Morgan fingerprint density at radius 3 is 2.52 bits per heavy atom. The van der Waals surface area contributed by atoms with E-state index in [1.807, 2.05) is 18.3 Å². The zero-order chi connectivity index (χ0) is 17.6. The molecule has 1 aliphatic heterocycles. The highest BCUT2D eigenvalue weighted by Gasteiger charge is 2.11. The third kappa shape index (κ3) is 4.70. The van der Waals surface area contributed by atoms with Gasteiger partial charge in [-0.3, -0.25) is 5.01 Å². The second-order valence-corrected chi connectivity index (χ2v) is 6.50. The Morgan fingerprint density at radius 2 is 1.80 bits per heavy atom. The third-order valence-corrected chi connectivity index (χ3v) is 4.27. The van der Waals surface area contributed by atoms with E-state index < -0.39 is 0 Å². The fourth-order valence-corrected chi connectivity index (χ4v) is 2.72. The van der Waals surface area contributed by atoms with Gasteiger partial charge in [-0.2, -0.15) is 5.10 Å². The average Bonchev–Trinajstić information content (AvgIpc) is 2.64. The SMILES string of the molecule is COc1ccc(/C=C/c2ccc3c(c2)C=NN(CCN(C)C)C3)cc1. The number of hydrogen-bond donors (Lipinski definition) is 0. The average molecular weight is 335 g/mol. The summed E-state index contributed by atoms with van der Waals surface area (Å²) >= 11 is 0. The Balaban J connectivity index is 1.67. The lowest BCUT2D eigenvalue weighted by Crippen LogP contribution is -2.29. The van der Waals surface area contributed by atoms with Crippen molar-refractivity contribution < 1.29 is 4.74 Å². The van der Waals surface area contributed by atoms with Crippen LogP contribution in [-0.2, 0) is 6.54 Å². The molecule has 2 aromatic rings. The molecular formula is C21H25N3O. The number of benzene rings is 2. The van der Waals surface area contributed by atoms with Crippen LogP contribution < -0.4 is 4.74 Å². The third-order valence-electron chi connectivity index (χ3n) is 4.27. The fraction of sp³-hybridized carbons (Fsp3) is 0.286. The fourth-order valence-electron chi connectivity index (χ4n) is 2.72. The van der Waals surface area contributed by atoms with E-state index in [0.717, 1.165) is 30.9 Å². The van der Waals surface area contributed by atoms with Crippen LogP contribution in [0.25, 0.3) is 12.2 Å². The van der Waals surface area contributed by atoms with E-state index in [2.05, 4.69) is 71.6 Å². The molecule has 1 heterocycles. The molecule has 0 atom stereocenters. The Hall–Kier alpha value is -2.59. The zero-order valence-electron chi connectivity index (χ0n) is 15.1. The molecule has 0 saturated carbocycles. The highest BCUT2D eigenvalue weighted by Crippen LogP contribution is 2.19. The molecule has 0 saturated heterocycles. The van der Waals surface area contributed by atoms with Crippen molar-refractivity contribution in [2.24, 2.45) is 5.10 Å². The largest absolute Gasteiger partial charge is 0.497 e. The molecule has 0 N–H and O–H groups in total. The highest BCUT2D eigenvalue weighted by molar-refractivity contribution is 5.84. The molecule has 4 heteroatoms. The molecule has 0 radical (unpaired) electrons. The van der Waals surface area contributed by atoms with Gasteiger partial charge in [0.25, 0.3) is 0 Å². The number of hydrazone groups is 1. The summed E-state index contributed by atoms with van der Waals surface area (Å²) in [5, 5.41) is 6.69. The summed E-state index contributed by atoms with van der Waals surface area (Å²) in [6, 6.07) is 14.6. The van der Waals surface area contributed by atoms with E-state index in [-0.39, 0.29) is 0 Å². The number of fused-ring (bicyclic) bond motifs is 1. The van der Waals surface area contributed by atoms with Crippen LogP contribution in [0.1, 0.15) is 22.3 Å². The minimum atomic E-state index is 0.876. The van der Waals surface area contributed by atoms with Crippen LogP contribution in [-0.4, -0.2) is 50.4 Å². The molecule has 0 fully saturated rings. The molecule has 0 aliphatic carbocycles. The van der Waals surface area contributed by atoms with Gasteiger partial charge < -0.3 is 9.64 Å². The van der Waals surface area contributed by atoms with Crippen molar-refractivity contribution in [3.05, 3.63) is 64.7 Å². The first-order chi connectivity index (χ1) is 12.1. The predicted molar refractivity (Wildman–Crippen MR) is 105 cm³/mol. The number of rotatable bonds is 6. The molecule has 0 unspecified atom stereocenters. The molecule has 25 heavy (non-hydrogen) atoms. The van der Waals surface area contributed by atoms with E-state index in [0.29, 0.717) is 0 Å². The number of likely N-dealkylation sites (N-methyl/N-ethyl adjacent to an activating group) is 1.